The summed E-state index contributed by atoms with van der Waals surface area (Å²) in [7, 11) is 0. The molecule has 0 bridgehead atoms. The Bertz CT molecular complexity index is 1280. The van der Waals surface area contributed by atoms with Crippen molar-refractivity contribution < 1.29 is 9.13 Å². The smallest absolute Gasteiger partial charge is 0.159 e. The number of morpholine rings is 1. The Morgan fingerprint density at radius 3 is 2.61 bits per heavy atom. The van der Waals surface area contributed by atoms with Crippen molar-refractivity contribution >= 4 is 5.65 Å². The van der Waals surface area contributed by atoms with Gasteiger partial charge in [-0.1, -0.05) is 12.1 Å². The third-order valence-corrected chi connectivity index (χ3v) is 6.08. The molecule has 0 saturated carbocycles. The number of benzene rings is 1. The first-order chi connectivity index (χ1) is 15.9. The molecule has 1 aromatic carbocycles. The standard InChI is InChI=1S/C26H28FN5O/c1-17-10-19(3)32-26(30-17)22(14-28-32)15-31-8-9-33-25(16-31)24-13-21(11-18(2)29-24)12-20-4-6-23(27)7-5-20/h4-7,10-11,13-14,25H,8-9,12,15-16H2,1-3H3/t25-/m1/s1. The Balaban J connectivity index is 1.33. The molecule has 1 atom stereocenters. The van der Waals surface area contributed by atoms with Crippen molar-refractivity contribution in [3.8, 4) is 0 Å². The number of nitrogens with zero attached hydrogens (tertiary/aromatic N) is 5. The molecule has 1 fully saturated rings. The van der Waals surface area contributed by atoms with Gasteiger partial charge in [0.25, 0.3) is 0 Å². The third-order valence-electron chi connectivity index (χ3n) is 6.08. The van der Waals surface area contributed by atoms with E-state index in [4.69, 9.17) is 14.7 Å². The minimum Gasteiger partial charge on any atom is -0.369 e. The van der Waals surface area contributed by atoms with Crippen LogP contribution in [-0.4, -0.2) is 44.2 Å². The van der Waals surface area contributed by atoms with Gasteiger partial charge in [0.2, 0.25) is 0 Å². The van der Waals surface area contributed by atoms with Crippen LogP contribution in [0, 0.1) is 26.6 Å². The molecule has 1 aliphatic rings. The molecular formula is C26H28FN5O. The average molecular weight is 446 g/mol. The van der Waals surface area contributed by atoms with Gasteiger partial charge in [0.1, 0.15) is 11.9 Å². The lowest BCUT2D eigenvalue weighted by atomic mass is 10.0. The summed E-state index contributed by atoms with van der Waals surface area (Å²) in [6, 6.07) is 12.9. The van der Waals surface area contributed by atoms with Crippen LogP contribution < -0.4 is 0 Å². The SMILES string of the molecule is Cc1cc(Cc2ccc(F)cc2)cc([C@H]2CN(Cc3cnn4c(C)cc(C)nc34)CCO2)n1. The van der Waals surface area contributed by atoms with Crippen LogP contribution in [0.5, 0.6) is 0 Å². The monoisotopic (exact) mass is 445 g/mol. The zero-order valence-electron chi connectivity index (χ0n) is 19.3. The molecule has 170 valence electrons. The molecule has 4 heterocycles. The third kappa shape index (κ3) is 4.79. The highest BCUT2D eigenvalue weighted by Gasteiger charge is 2.25. The van der Waals surface area contributed by atoms with Crippen molar-refractivity contribution in [1.29, 1.82) is 0 Å². The number of rotatable bonds is 5. The van der Waals surface area contributed by atoms with E-state index in [9.17, 15) is 4.39 Å². The Labute approximate surface area is 193 Å². The van der Waals surface area contributed by atoms with Gasteiger partial charge in [0.15, 0.2) is 5.65 Å². The fourth-order valence-electron chi connectivity index (χ4n) is 4.57. The number of aryl methyl sites for hydroxylation is 3. The highest BCUT2D eigenvalue weighted by molar-refractivity contribution is 5.48. The van der Waals surface area contributed by atoms with Crippen LogP contribution in [0.2, 0.25) is 0 Å². The topological polar surface area (TPSA) is 55.6 Å². The summed E-state index contributed by atoms with van der Waals surface area (Å²) >= 11 is 0. The number of hydrogen-bond acceptors (Lipinski definition) is 5. The molecule has 0 spiro atoms. The van der Waals surface area contributed by atoms with E-state index in [1.807, 2.05) is 42.8 Å². The van der Waals surface area contributed by atoms with E-state index in [2.05, 4.69) is 29.1 Å². The zero-order valence-corrected chi connectivity index (χ0v) is 19.3. The first kappa shape index (κ1) is 21.7. The molecule has 4 aromatic rings. The Morgan fingerprint density at radius 2 is 1.79 bits per heavy atom. The van der Waals surface area contributed by atoms with Crippen LogP contribution in [0.3, 0.4) is 0 Å². The van der Waals surface area contributed by atoms with Gasteiger partial charge in [-0.05, 0) is 68.7 Å². The molecule has 0 N–H and O–H groups in total. The van der Waals surface area contributed by atoms with Gasteiger partial charge in [0, 0.05) is 42.3 Å². The molecular weight excluding hydrogens is 417 g/mol. The second-order valence-corrected chi connectivity index (χ2v) is 8.88. The first-order valence-corrected chi connectivity index (χ1v) is 11.3. The van der Waals surface area contributed by atoms with Gasteiger partial charge in [-0.2, -0.15) is 5.10 Å². The predicted octanol–water partition coefficient (Wildman–Crippen LogP) is 4.35. The van der Waals surface area contributed by atoms with E-state index in [-0.39, 0.29) is 11.9 Å². The minimum atomic E-state index is -0.215. The van der Waals surface area contributed by atoms with Gasteiger partial charge >= 0.3 is 0 Å². The van der Waals surface area contributed by atoms with Crippen molar-refractivity contribution in [2.24, 2.45) is 0 Å². The lowest BCUT2D eigenvalue weighted by Crippen LogP contribution is -2.38. The minimum absolute atomic E-state index is 0.0936. The molecule has 0 amide bonds. The molecule has 1 aliphatic heterocycles. The van der Waals surface area contributed by atoms with Crippen LogP contribution in [-0.2, 0) is 17.7 Å². The largest absolute Gasteiger partial charge is 0.369 e. The first-order valence-electron chi connectivity index (χ1n) is 11.3. The molecule has 5 rings (SSSR count). The second-order valence-electron chi connectivity index (χ2n) is 8.88. The molecule has 0 aliphatic carbocycles. The van der Waals surface area contributed by atoms with Gasteiger partial charge in [0.05, 0.1) is 18.5 Å². The molecule has 0 unspecified atom stereocenters. The van der Waals surface area contributed by atoms with E-state index in [1.54, 1.807) is 0 Å². The summed E-state index contributed by atoms with van der Waals surface area (Å²) < 4.78 is 21.3. The maximum absolute atomic E-state index is 13.3. The van der Waals surface area contributed by atoms with E-state index < -0.39 is 0 Å². The maximum Gasteiger partial charge on any atom is 0.159 e. The summed E-state index contributed by atoms with van der Waals surface area (Å²) in [4.78, 5) is 11.9. The number of aromatic nitrogens is 4. The summed E-state index contributed by atoms with van der Waals surface area (Å²) in [5.74, 6) is -0.215. The van der Waals surface area contributed by atoms with Gasteiger partial charge < -0.3 is 4.74 Å². The molecule has 7 heteroatoms. The van der Waals surface area contributed by atoms with Crippen LogP contribution in [0.1, 0.15) is 45.6 Å². The number of hydrogen-bond donors (Lipinski definition) is 0. The average Bonchev–Trinajstić information content (AvgIpc) is 3.18. The normalized spacial score (nSPS) is 17.0. The highest BCUT2D eigenvalue weighted by atomic mass is 19.1. The summed E-state index contributed by atoms with van der Waals surface area (Å²) in [6.45, 7) is 9.11. The van der Waals surface area contributed by atoms with Gasteiger partial charge in [-0.15, -0.1) is 0 Å². The summed E-state index contributed by atoms with van der Waals surface area (Å²) in [5, 5.41) is 4.53. The van der Waals surface area contributed by atoms with Crippen molar-refractivity contribution in [3.05, 3.63) is 93.9 Å². The van der Waals surface area contributed by atoms with Crippen LogP contribution in [0.4, 0.5) is 4.39 Å². The van der Waals surface area contributed by atoms with E-state index >= 15 is 0 Å². The van der Waals surface area contributed by atoms with Crippen LogP contribution >= 0.6 is 0 Å². The van der Waals surface area contributed by atoms with E-state index in [0.29, 0.717) is 6.61 Å². The number of halogens is 1. The number of ether oxygens (including phenoxy) is 1. The van der Waals surface area contributed by atoms with Gasteiger partial charge in [-0.3, -0.25) is 9.88 Å². The van der Waals surface area contributed by atoms with Crippen molar-refractivity contribution in [2.75, 3.05) is 19.7 Å². The summed E-state index contributed by atoms with van der Waals surface area (Å²) in [5.41, 5.74) is 8.26. The highest BCUT2D eigenvalue weighted by Crippen LogP contribution is 2.25. The van der Waals surface area contributed by atoms with Crippen molar-refractivity contribution in [1.82, 2.24) is 24.5 Å². The lowest BCUT2D eigenvalue weighted by molar-refractivity contribution is -0.0349. The Hall–Kier alpha value is -3.16. The number of pyridine rings is 1. The lowest BCUT2D eigenvalue weighted by Gasteiger charge is -2.32. The molecule has 3 aromatic heterocycles. The Kier molecular flexibility index (Phi) is 5.91. The van der Waals surface area contributed by atoms with Crippen LogP contribution in [0.15, 0.2) is 48.7 Å². The van der Waals surface area contributed by atoms with Gasteiger partial charge in [-0.25, -0.2) is 13.9 Å². The maximum atomic E-state index is 13.3. The predicted molar refractivity (Wildman–Crippen MR) is 125 cm³/mol. The fourth-order valence-corrected chi connectivity index (χ4v) is 4.57. The molecule has 33 heavy (non-hydrogen) atoms. The quantitative estimate of drug-likeness (QED) is 0.457. The van der Waals surface area contributed by atoms with Crippen LogP contribution in [0.25, 0.3) is 5.65 Å². The molecule has 0 radical (unpaired) electrons. The fraction of sp³-hybridized carbons (Fsp3) is 0.346. The zero-order chi connectivity index (χ0) is 22.9. The molecule has 6 nitrogen and oxygen atoms in total. The Morgan fingerprint density at radius 1 is 1.00 bits per heavy atom. The second kappa shape index (κ2) is 9.00. The molecule has 1 saturated heterocycles. The van der Waals surface area contributed by atoms with E-state index in [0.717, 1.165) is 71.2 Å². The number of fused-ring (bicyclic) bond motifs is 1. The van der Waals surface area contributed by atoms with E-state index in [1.165, 1.54) is 12.1 Å². The summed E-state index contributed by atoms with van der Waals surface area (Å²) in [6.07, 6.45) is 2.56. The van der Waals surface area contributed by atoms with Crippen molar-refractivity contribution in [2.45, 2.75) is 39.8 Å². The van der Waals surface area contributed by atoms with Crippen molar-refractivity contribution in [3.63, 3.8) is 0 Å².